The Morgan fingerprint density at radius 1 is 1.40 bits per heavy atom. The minimum Gasteiger partial charge on any atom is -0.338 e. The summed E-state index contributed by atoms with van der Waals surface area (Å²) in [6.07, 6.45) is 4.60. The van der Waals surface area contributed by atoms with Gasteiger partial charge in [-0.05, 0) is 38.1 Å². The largest absolute Gasteiger partial charge is 0.338 e. The van der Waals surface area contributed by atoms with Crippen LogP contribution in [-0.4, -0.2) is 36.0 Å². The van der Waals surface area contributed by atoms with Crippen molar-refractivity contribution in [2.45, 2.75) is 51.6 Å². The summed E-state index contributed by atoms with van der Waals surface area (Å²) in [5, 5.41) is 3.30. The lowest BCUT2D eigenvalue weighted by molar-refractivity contribution is -0.134. The van der Waals surface area contributed by atoms with Crippen LogP contribution >= 0.6 is 0 Å². The lowest BCUT2D eigenvalue weighted by Crippen LogP contribution is -2.46. The smallest absolute Gasteiger partial charge is 0.239 e. The van der Waals surface area contributed by atoms with Gasteiger partial charge in [0, 0.05) is 12.6 Å². The fourth-order valence-electron chi connectivity index (χ4n) is 2.29. The van der Waals surface area contributed by atoms with Crippen molar-refractivity contribution in [3.8, 4) is 0 Å². The van der Waals surface area contributed by atoms with Crippen molar-refractivity contribution in [1.82, 2.24) is 10.2 Å². The molecule has 0 aromatic rings. The summed E-state index contributed by atoms with van der Waals surface area (Å²) in [6.45, 7) is 6.31. The standard InChI is InChI=1S/C12H22N2O/c1-9(2)8-14(10-5-6-10)12(15)11-4-3-7-13-11/h9-11,13H,3-8H2,1-2H3. The third-order valence-electron chi connectivity index (χ3n) is 3.19. The molecule has 0 aromatic carbocycles. The molecule has 1 saturated carbocycles. The second kappa shape index (κ2) is 4.52. The van der Waals surface area contributed by atoms with Crippen molar-refractivity contribution < 1.29 is 4.79 Å². The molecule has 2 fully saturated rings. The highest BCUT2D eigenvalue weighted by molar-refractivity contribution is 5.82. The first kappa shape index (κ1) is 10.9. The molecule has 2 aliphatic rings. The molecule has 15 heavy (non-hydrogen) atoms. The van der Waals surface area contributed by atoms with Gasteiger partial charge < -0.3 is 10.2 Å². The Morgan fingerprint density at radius 3 is 2.60 bits per heavy atom. The highest BCUT2D eigenvalue weighted by atomic mass is 16.2. The molecule has 0 aromatic heterocycles. The minimum atomic E-state index is 0.115. The zero-order valence-electron chi connectivity index (χ0n) is 9.83. The second-order valence-corrected chi connectivity index (χ2v) is 5.26. The van der Waals surface area contributed by atoms with Gasteiger partial charge in [0.2, 0.25) is 5.91 Å². The van der Waals surface area contributed by atoms with Crippen LogP contribution in [0.2, 0.25) is 0 Å². The predicted octanol–water partition coefficient (Wildman–Crippen LogP) is 1.39. The normalized spacial score (nSPS) is 25.9. The average molecular weight is 210 g/mol. The molecule has 0 spiro atoms. The van der Waals surface area contributed by atoms with Crippen LogP contribution in [0.1, 0.15) is 39.5 Å². The number of hydrogen-bond acceptors (Lipinski definition) is 2. The summed E-state index contributed by atoms with van der Waals surface area (Å²) in [5.74, 6) is 0.930. The van der Waals surface area contributed by atoms with Gasteiger partial charge in [0.1, 0.15) is 0 Å². The molecule has 1 N–H and O–H groups in total. The number of amides is 1. The van der Waals surface area contributed by atoms with E-state index in [1.807, 2.05) is 0 Å². The van der Waals surface area contributed by atoms with E-state index in [2.05, 4.69) is 24.1 Å². The maximum absolute atomic E-state index is 12.2. The zero-order chi connectivity index (χ0) is 10.8. The van der Waals surface area contributed by atoms with E-state index in [9.17, 15) is 4.79 Å². The van der Waals surface area contributed by atoms with Crippen LogP contribution < -0.4 is 5.32 Å². The van der Waals surface area contributed by atoms with Gasteiger partial charge in [0.25, 0.3) is 0 Å². The van der Waals surface area contributed by atoms with E-state index in [-0.39, 0.29) is 6.04 Å². The fourth-order valence-corrected chi connectivity index (χ4v) is 2.29. The van der Waals surface area contributed by atoms with Gasteiger partial charge in [-0.25, -0.2) is 0 Å². The van der Waals surface area contributed by atoms with Gasteiger partial charge in [-0.15, -0.1) is 0 Å². The quantitative estimate of drug-likeness (QED) is 0.760. The van der Waals surface area contributed by atoms with E-state index in [4.69, 9.17) is 0 Å². The number of nitrogens with one attached hydrogen (secondary N) is 1. The van der Waals surface area contributed by atoms with Crippen LogP contribution in [0.25, 0.3) is 0 Å². The lowest BCUT2D eigenvalue weighted by atomic mass is 10.1. The van der Waals surface area contributed by atoms with E-state index < -0.39 is 0 Å². The maximum Gasteiger partial charge on any atom is 0.239 e. The monoisotopic (exact) mass is 210 g/mol. The van der Waals surface area contributed by atoms with Crippen molar-refractivity contribution in [1.29, 1.82) is 0 Å². The molecule has 2 rings (SSSR count). The Hall–Kier alpha value is -0.570. The van der Waals surface area contributed by atoms with Crippen LogP contribution in [0.15, 0.2) is 0 Å². The summed E-state index contributed by atoms with van der Waals surface area (Å²) in [4.78, 5) is 14.3. The van der Waals surface area contributed by atoms with Crippen molar-refractivity contribution in [3.63, 3.8) is 0 Å². The lowest BCUT2D eigenvalue weighted by Gasteiger charge is -2.27. The van der Waals surface area contributed by atoms with E-state index in [0.29, 0.717) is 17.9 Å². The van der Waals surface area contributed by atoms with Crippen LogP contribution in [0.5, 0.6) is 0 Å². The number of rotatable bonds is 4. The number of carbonyl (C=O) groups excluding carboxylic acids is 1. The maximum atomic E-state index is 12.2. The Balaban J connectivity index is 1.93. The first-order chi connectivity index (χ1) is 7.18. The van der Waals surface area contributed by atoms with Crippen LogP contribution in [0.4, 0.5) is 0 Å². The van der Waals surface area contributed by atoms with E-state index in [0.717, 1.165) is 25.9 Å². The summed E-state index contributed by atoms with van der Waals surface area (Å²) < 4.78 is 0. The average Bonchev–Trinajstić information content (AvgIpc) is 2.88. The molecule has 1 unspecified atom stereocenters. The Bertz CT molecular complexity index is 230. The van der Waals surface area contributed by atoms with Gasteiger partial charge in [0.05, 0.1) is 6.04 Å². The fraction of sp³-hybridized carbons (Fsp3) is 0.917. The first-order valence-corrected chi connectivity index (χ1v) is 6.22. The molecule has 0 bridgehead atoms. The minimum absolute atomic E-state index is 0.115. The third-order valence-corrected chi connectivity index (χ3v) is 3.19. The van der Waals surface area contributed by atoms with Crippen molar-refractivity contribution in [2.24, 2.45) is 5.92 Å². The van der Waals surface area contributed by atoms with E-state index >= 15 is 0 Å². The second-order valence-electron chi connectivity index (χ2n) is 5.26. The Labute approximate surface area is 92.2 Å². The van der Waals surface area contributed by atoms with Crippen molar-refractivity contribution in [3.05, 3.63) is 0 Å². The van der Waals surface area contributed by atoms with Gasteiger partial charge in [-0.1, -0.05) is 13.8 Å². The molecule has 3 heteroatoms. The Morgan fingerprint density at radius 2 is 2.13 bits per heavy atom. The third kappa shape index (κ3) is 2.71. The van der Waals surface area contributed by atoms with Gasteiger partial charge in [-0.3, -0.25) is 4.79 Å². The topological polar surface area (TPSA) is 32.3 Å². The van der Waals surface area contributed by atoms with E-state index in [1.54, 1.807) is 0 Å². The van der Waals surface area contributed by atoms with Gasteiger partial charge in [-0.2, -0.15) is 0 Å². The summed E-state index contributed by atoms with van der Waals surface area (Å²) in [7, 11) is 0. The summed E-state index contributed by atoms with van der Waals surface area (Å²) in [5.41, 5.74) is 0. The highest BCUT2D eigenvalue weighted by Gasteiger charge is 2.36. The molecule has 86 valence electrons. The summed E-state index contributed by atoms with van der Waals surface area (Å²) in [6, 6.07) is 0.673. The molecule has 1 heterocycles. The SMILES string of the molecule is CC(C)CN(C(=O)C1CCCN1)C1CC1. The van der Waals surface area contributed by atoms with Crippen molar-refractivity contribution >= 4 is 5.91 Å². The number of nitrogens with zero attached hydrogens (tertiary/aromatic N) is 1. The van der Waals surface area contributed by atoms with Crippen LogP contribution in [0, 0.1) is 5.92 Å². The van der Waals surface area contributed by atoms with Crippen LogP contribution in [0.3, 0.4) is 0 Å². The highest BCUT2D eigenvalue weighted by Crippen LogP contribution is 2.28. The molecule has 3 nitrogen and oxygen atoms in total. The Kier molecular flexibility index (Phi) is 3.29. The molecule has 1 saturated heterocycles. The van der Waals surface area contributed by atoms with E-state index in [1.165, 1.54) is 12.8 Å². The molecule has 1 atom stereocenters. The molecular weight excluding hydrogens is 188 g/mol. The molecule has 0 radical (unpaired) electrons. The number of carbonyl (C=O) groups is 1. The summed E-state index contributed by atoms with van der Waals surface area (Å²) >= 11 is 0. The van der Waals surface area contributed by atoms with Gasteiger partial charge >= 0.3 is 0 Å². The molecule has 1 amide bonds. The van der Waals surface area contributed by atoms with Crippen LogP contribution in [-0.2, 0) is 4.79 Å². The molecule has 1 aliphatic carbocycles. The molecule has 1 aliphatic heterocycles. The number of hydrogen-bond donors (Lipinski definition) is 1. The zero-order valence-corrected chi connectivity index (χ0v) is 9.83. The molecular formula is C12H22N2O. The van der Waals surface area contributed by atoms with Crippen molar-refractivity contribution in [2.75, 3.05) is 13.1 Å². The predicted molar refractivity (Wildman–Crippen MR) is 60.6 cm³/mol. The first-order valence-electron chi connectivity index (χ1n) is 6.22. The van der Waals surface area contributed by atoms with Gasteiger partial charge in [0.15, 0.2) is 0 Å².